The molecule has 0 fully saturated rings. The van der Waals surface area contributed by atoms with Gasteiger partial charge >= 0.3 is 0 Å². The van der Waals surface area contributed by atoms with Crippen LogP contribution < -0.4 is 9.80 Å². The van der Waals surface area contributed by atoms with Gasteiger partial charge in [0.25, 0.3) is 0 Å². The fraction of sp³-hybridized carbons (Fsp3) is 0.184. The van der Waals surface area contributed by atoms with Crippen molar-refractivity contribution < 1.29 is 0 Å². The number of fused-ring (bicyclic) bond motifs is 1. The number of anilines is 2. The molecule has 0 aliphatic carbocycles. The van der Waals surface area contributed by atoms with Crippen molar-refractivity contribution in [3.8, 4) is 0 Å². The predicted octanol–water partition coefficient (Wildman–Crippen LogP) is 8.38. The van der Waals surface area contributed by atoms with E-state index < -0.39 is 5.41 Å². The molecule has 0 spiro atoms. The highest BCUT2D eigenvalue weighted by Crippen LogP contribution is 2.56. The first-order valence-corrected chi connectivity index (χ1v) is 14.3. The van der Waals surface area contributed by atoms with E-state index in [9.17, 15) is 0 Å². The summed E-state index contributed by atoms with van der Waals surface area (Å²) in [5.41, 5.74) is 11.2. The van der Waals surface area contributed by atoms with Gasteiger partial charge in [-0.3, -0.25) is 4.99 Å². The lowest BCUT2D eigenvalue weighted by Gasteiger charge is -2.47. The first-order chi connectivity index (χ1) is 19.9. The van der Waals surface area contributed by atoms with Crippen LogP contribution >= 0.6 is 0 Å². The molecule has 5 aromatic carbocycles. The molecule has 0 unspecified atom stereocenters. The summed E-state index contributed by atoms with van der Waals surface area (Å²) in [7, 11) is 8.35. The normalized spacial score (nSPS) is 15.5. The Morgan fingerprint density at radius 1 is 0.561 bits per heavy atom. The first kappa shape index (κ1) is 26.6. The largest absolute Gasteiger partial charge is 0.378 e. The fourth-order valence-corrected chi connectivity index (χ4v) is 6.42. The van der Waals surface area contributed by atoms with Gasteiger partial charge in [0.05, 0.1) is 16.8 Å². The molecule has 0 radical (unpaired) electrons. The van der Waals surface area contributed by atoms with Crippen molar-refractivity contribution in [2.24, 2.45) is 4.99 Å². The van der Waals surface area contributed by atoms with Crippen molar-refractivity contribution in [1.82, 2.24) is 0 Å². The van der Waals surface area contributed by atoms with Crippen molar-refractivity contribution in [3.63, 3.8) is 0 Å². The molecule has 6 rings (SSSR count). The summed E-state index contributed by atoms with van der Waals surface area (Å²) in [6, 6.07) is 46.6. The lowest BCUT2D eigenvalue weighted by Crippen LogP contribution is -2.46. The highest BCUT2D eigenvalue weighted by Gasteiger charge is 2.51. The second kappa shape index (κ2) is 10.7. The molecule has 204 valence electrons. The van der Waals surface area contributed by atoms with E-state index in [-0.39, 0.29) is 5.92 Å². The van der Waals surface area contributed by atoms with E-state index >= 15 is 0 Å². The number of benzene rings is 5. The number of hydrogen-bond donors (Lipinski definition) is 0. The number of para-hydroxylation sites is 1. The molecule has 0 amide bonds. The summed E-state index contributed by atoms with van der Waals surface area (Å²) in [6.07, 6.45) is 0. The third kappa shape index (κ3) is 4.52. The van der Waals surface area contributed by atoms with Gasteiger partial charge in [-0.05, 0) is 64.6 Å². The van der Waals surface area contributed by atoms with Crippen molar-refractivity contribution in [2.45, 2.75) is 18.3 Å². The molecule has 3 heteroatoms. The van der Waals surface area contributed by atoms with Crippen molar-refractivity contribution >= 4 is 22.8 Å². The molecule has 1 aliphatic rings. The summed E-state index contributed by atoms with van der Waals surface area (Å²) in [5, 5.41) is 0. The molecule has 3 nitrogen and oxygen atoms in total. The van der Waals surface area contributed by atoms with Gasteiger partial charge in [0.1, 0.15) is 0 Å². The van der Waals surface area contributed by atoms with E-state index in [1.165, 1.54) is 39.2 Å². The van der Waals surface area contributed by atoms with Crippen LogP contribution in [0.2, 0.25) is 0 Å². The Labute approximate surface area is 244 Å². The van der Waals surface area contributed by atoms with Crippen molar-refractivity contribution in [3.05, 3.63) is 161 Å². The molecular weight excluding hydrogens is 498 g/mol. The topological polar surface area (TPSA) is 18.8 Å². The Morgan fingerprint density at radius 3 is 1.59 bits per heavy atom. The molecule has 0 aromatic heterocycles. The van der Waals surface area contributed by atoms with E-state index in [2.05, 4.69) is 172 Å². The van der Waals surface area contributed by atoms with Crippen LogP contribution in [-0.4, -0.2) is 33.9 Å². The summed E-state index contributed by atoms with van der Waals surface area (Å²) >= 11 is 0. The van der Waals surface area contributed by atoms with Gasteiger partial charge < -0.3 is 9.80 Å². The molecule has 1 heterocycles. The number of aryl methyl sites for hydroxylation is 1. The minimum atomic E-state index is -0.567. The standard InChI is InChI=1S/C38H37N3/c1-27-13-12-18-34-35(28-19-23-32(24-20-28)40(2)3)38(30-14-8-6-9-15-30,31-16-10-7-11-17-31)37(39-36(27)34)29-21-25-33(26-22-29)41(4)5/h6-26,35H,1-5H3/t35-/m0/s1. The van der Waals surface area contributed by atoms with Crippen molar-refractivity contribution in [2.75, 3.05) is 38.0 Å². The van der Waals surface area contributed by atoms with Gasteiger partial charge in [0.15, 0.2) is 0 Å². The minimum absolute atomic E-state index is 0.000521. The predicted molar refractivity (Wildman–Crippen MR) is 174 cm³/mol. The number of nitrogens with zero attached hydrogens (tertiary/aromatic N) is 3. The van der Waals surface area contributed by atoms with Crippen molar-refractivity contribution in [1.29, 1.82) is 0 Å². The quantitative estimate of drug-likeness (QED) is 0.217. The molecule has 0 bridgehead atoms. The van der Waals surface area contributed by atoms with Gasteiger partial charge in [-0.1, -0.05) is 103 Å². The third-order valence-corrected chi connectivity index (χ3v) is 8.47. The van der Waals surface area contributed by atoms with Crippen LogP contribution in [0.4, 0.5) is 17.1 Å². The first-order valence-electron chi connectivity index (χ1n) is 14.3. The summed E-state index contributed by atoms with van der Waals surface area (Å²) in [4.78, 5) is 9.91. The zero-order chi connectivity index (χ0) is 28.6. The second-order valence-corrected chi connectivity index (χ2v) is 11.4. The zero-order valence-corrected chi connectivity index (χ0v) is 24.5. The SMILES string of the molecule is Cc1cccc2c1N=C(c1ccc(N(C)C)cc1)C(c1ccccc1)(c1ccccc1)[C@H]2c1ccc(N(C)C)cc1. The Balaban J connectivity index is 1.75. The van der Waals surface area contributed by atoms with Gasteiger partial charge in [-0.15, -0.1) is 0 Å². The van der Waals surface area contributed by atoms with Crippen LogP contribution in [0.1, 0.15) is 39.3 Å². The maximum absolute atomic E-state index is 5.61. The molecule has 0 saturated carbocycles. The maximum Gasteiger partial charge on any atom is 0.0739 e. The molecule has 0 N–H and O–H groups in total. The molecule has 1 atom stereocenters. The van der Waals surface area contributed by atoms with Crippen LogP contribution in [0.15, 0.2) is 132 Å². The Morgan fingerprint density at radius 2 is 1.07 bits per heavy atom. The molecule has 5 aromatic rings. The fourth-order valence-electron chi connectivity index (χ4n) is 6.42. The van der Waals surface area contributed by atoms with E-state index in [1.807, 2.05) is 0 Å². The lowest BCUT2D eigenvalue weighted by atomic mass is 9.56. The Hall–Kier alpha value is -4.63. The number of rotatable bonds is 6. The lowest BCUT2D eigenvalue weighted by molar-refractivity contribution is 0.584. The molecule has 0 saturated heterocycles. The van der Waals surface area contributed by atoms with Gasteiger partial charge in [0.2, 0.25) is 0 Å². The van der Waals surface area contributed by atoms with Crippen LogP contribution in [0.25, 0.3) is 0 Å². The van der Waals surface area contributed by atoms with E-state index in [1.54, 1.807) is 0 Å². The van der Waals surface area contributed by atoms with Gasteiger partial charge in [-0.25, -0.2) is 0 Å². The summed E-state index contributed by atoms with van der Waals surface area (Å²) in [5.74, 6) is -0.000521. The number of aliphatic imine (C=N–C) groups is 1. The molecular formula is C38H37N3. The second-order valence-electron chi connectivity index (χ2n) is 11.4. The van der Waals surface area contributed by atoms with Crippen LogP contribution in [0, 0.1) is 6.92 Å². The van der Waals surface area contributed by atoms with E-state index in [0.29, 0.717) is 0 Å². The molecule has 1 aliphatic heterocycles. The summed E-state index contributed by atoms with van der Waals surface area (Å²) < 4.78 is 0. The number of hydrogen-bond acceptors (Lipinski definition) is 3. The van der Waals surface area contributed by atoms with E-state index in [4.69, 9.17) is 4.99 Å². The maximum atomic E-state index is 5.61. The highest BCUT2D eigenvalue weighted by atomic mass is 15.1. The average molecular weight is 536 g/mol. The zero-order valence-electron chi connectivity index (χ0n) is 24.5. The Kier molecular flexibility index (Phi) is 6.96. The van der Waals surface area contributed by atoms with E-state index in [0.717, 1.165) is 17.0 Å². The van der Waals surface area contributed by atoms with Crippen LogP contribution in [0.5, 0.6) is 0 Å². The summed E-state index contributed by atoms with van der Waals surface area (Å²) in [6.45, 7) is 2.18. The smallest absolute Gasteiger partial charge is 0.0739 e. The van der Waals surface area contributed by atoms with Crippen LogP contribution in [0.3, 0.4) is 0 Å². The van der Waals surface area contributed by atoms with Gasteiger partial charge in [-0.2, -0.15) is 0 Å². The van der Waals surface area contributed by atoms with Gasteiger partial charge in [0, 0.05) is 45.5 Å². The molecule has 41 heavy (non-hydrogen) atoms. The Bertz CT molecular complexity index is 1630. The highest BCUT2D eigenvalue weighted by molar-refractivity contribution is 6.14. The third-order valence-electron chi connectivity index (χ3n) is 8.47. The van der Waals surface area contributed by atoms with Crippen LogP contribution in [-0.2, 0) is 5.41 Å². The monoisotopic (exact) mass is 535 g/mol. The minimum Gasteiger partial charge on any atom is -0.378 e. The average Bonchev–Trinajstić information content (AvgIpc) is 3.01.